The van der Waals surface area contributed by atoms with Crippen molar-refractivity contribution in [3.05, 3.63) is 29.8 Å². The van der Waals surface area contributed by atoms with Crippen LogP contribution in [0.5, 0.6) is 5.75 Å². The van der Waals surface area contributed by atoms with Gasteiger partial charge in [-0.2, -0.15) is 0 Å². The average molecular weight is 466 g/mol. The van der Waals surface area contributed by atoms with Gasteiger partial charge in [0, 0.05) is 19.5 Å². The van der Waals surface area contributed by atoms with E-state index in [1.54, 1.807) is 0 Å². The second-order valence-electron chi connectivity index (χ2n) is 12.6. The maximum Gasteiger partial charge on any atom is 0.415 e. The second-order valence-corrected chi connectivity index (χ2v) is 12.6. The molecule has 5 nitrogen and oxygen atoms in total. The molecule has 7 fully saturated rings. The summed E-state index contributed by atoms with van der Waals surface area (Å²) in [4.78, 5) is 27.1. The lowest BCUT2D eigenvalue weighted by atomic mass is 9.48. The Labute approximate surface area is 203 Å². The number of likely N-dealkylation sites (tertiary alicyclic amines) is 1. The number of amides is 1. The monoisotopic (exact) mass is 465 g/mol. The second kappa shape index (κ2) is 8.23. The van der Waals surface area contributed by atoms with Crippen LogP contribution in [0.2, 0.25) is 0 Å². The third-order valence-corrected chi connectivity index (χ3v) is 10.5. The minimum absolute atomic E-state index is 0.00181. The van der Waals surface area contributed by atoms with Crippen LogP contribution in [0.1, 0.15) is 95.0 Å². The van der Waals surface area contributed by atoms with Gasteiger partial charge in [0.25, 0.3) is 0 Å². The third-order valence-electron chi connectivity index (χ3n) is 10.5. The quantitative estimate of drug-likeness (QED) is 0.461. The van der Waals surface area contributed by atoms with Gasteiger partial charge in [-0.15, -0.1) is 0 Å². The fourth-order valence-corrected chi connectivity index (χ4v) is 9.03. The number of hydrogen-bond donors (Lipinski definition) is 0. The topological polar surface area (TPSA) is 48.0 Å². The first-order chi connectivity index (χ1) is 16.6. The van der Waals surface area contributed by atoms with E-state index < -0.39 is 0 Å². The SMILES string of the molecule is O=C(Oc1ccc(C2CCC[C@@]3(C2)CC2(OO3)C3CC4CC(C3)CC2C4)cc1)N1CCCCC1. The standard InChI is InChI=1S/C29H39NO4/c31-27(30-11-2-1-3-12-30)32-26-8-6-22(7-9-26)23-5-4-10-28(18-23)19-29(34-33-28)24-14-20-13-21(16-24)17-25(29)15-20/h6-9,20-21,23-25H,1-5,10-19H2/t20?,21?,23?,24?,25?,28-,29?/m1/s1. The molecule has 0 radical (unpaired) electrons. The Hall–Kier alpha value is -1.59. The predicted molar refractivity (Wildman–Crippen MR) is 128 cm³/mol. The Morgan fingerprint density at radius 3 is 2.29 bits per heavy atom. The van der Waals surface area contributed by atoms with Crippen LogP contribution in [0, 0.1) is 23.7 Å². The lowest BCUT2D eigenvalue weighted by Gasteiger charge is -2.58. The Kier molecular flexibility index (Phi) is 5.25. The molecule has 8 rings (SSSR count). The molecule has 1 amide bonds. The van der Waals surface area contributed by atoms with Gasteiger partial charge in [0.2, 0.25) is 0 Å². The number of rotatable bonds is 2. The number of ether oxygens (including phenoxy) is 1. The molecule has 2 heterocycles. The number of benzene rings is 1. The van der Waals surface area contributed by atoms with E-state index in [2.05, 4.69) is 12.1 Å². The third kappa shape index (κ3) is 3.61. The van der Waals surface area contributed by atoms with Crippen molar-refractivity contribution in [1.29, 1.82) is 0 Å². The van der Waals surface area contributed by atoms with E-state index in [4.69, 9.17) is 14.5 Å². The molecule has 2 aliphatic heterocycles. The van der Waals surface area contributed by atoms with E-state index in [1.165, 1.54) is 56.9 Å². The number of carbonyl (C=O) groups is 1. The molecule has 0 N–H and O–H groups in total. The molecular formula is C29H39NO4. The highest BCUT2D eigenvalue weighted by Gasteiger charge is 2.65. The summed E-state index contributed by atoms with van der Waals surface area (Å²) in [6.45, 7) is 1.63. The molecule has 2 spiro atoms. The zero-order valence-corrected chi connectivity index (χ0v) is 20.4. The van der Waals surface area contributed by atoms with E-state index >= 15 is 0 Å². The summed E-state index contributed by atoms with van der Waals surface area (Å²) in [5.41, 5.74) is 1.23. The molecule has 7 aliphatic rings. The van der Waals surface area contributed by atoms with Crippen molar-refractivity contribution < 1.29 is 19.3 Å². The first-order valence-corrected chi connectivity index (χ1v) is 14.0. The molecule has 5 saturated carbocycles. The van der Waals surface area contributed by atoms with Gasteiger partial charge in [0.15, 0.2) is 0 Å². The van der Waals surface area contributed by atoms with Crippen molar-refractivity contribution in [2.24, 2.45) is 23.7 Å². The molecule has 1 aromatic carbocycles. The van der Waals surface area contributed by atoms with Crippen molar-refractivity contribution in [2.75, 3.05) is 13.1 Å². The van der Waals surface area contributed by atoms with Gasteiger partial charge < -0.3 is 9.64 Å². The van der Waals surface area contributed by atoms with Crippen molar-refractivity contribution in [2.45, 2.75) is 101 Å². The first kappa shape index (κ1) is 21.7. The molecule has 5 heteroatoms. The zero-order valence-electron chi connectivity index (χ0n) is 20.4. The van der Waals surface area contributed by atoms with Crippen molar-refractivity contribution in [3.63, 3.8) is 0 Å². The normalized spacial score (nSPS) is 43.1. The van der Waals surface area contributed by atoms with Gasteiger partial charge in [-0.3, -0.25) is 0 Å². The predicted octanol–water partition coefficient (Wildman–Crippen LogP) is 6.61. The Bertz CT molecular complexity index is 895. The maximum atomic E-state index is 12.5. The lowest BCUT2D eigenvalue weighted by molar-refractivity contribution is -0.385. The highest BCUT2D eigenvalue weighted by molar-refractivity contribution is 5.70. The van der Waals surface area contributed by atoms with Crippen LogP contribution >= 0.6 is 0 Å². The van der Waals surface area contributed by atoms with Crippen LogP contribution in [0.25, 0.3) is 0 Å². The summed E-state index contributed by atoms with van der Waals surface area (Å²) >= 11 is 0. The highest BCUT2D eigenvalue weighted by Crippen LogP contribution is 2.65. The molecule has 1 aromatic rings. The van der Waals surface area contributed by atoms with Crippen LogP contribution < -0.4 is 4.74 Å². The van der Waals surface area contributed by atoms with Gasteiger partial charge in [-0.05, 0) is 124 Å². The molecule has 4 bridgehead atoms. The van der Waals surface area contributed by atoms with Crippen LogP contribution in [0.3, 0.4) is 0 Å². The highest BCUT2D eigenvalue weighted by atomic mass is 17.2. The van der Waals surface area contributed by atoms with Gasteiger partial charge in [0.1, 0.15) is 17.0 Å². The summed E-state index contributed by atoms with van der Waals surface area (Å²) in [5.74, 6) is 4.48. The van der Waals surface area contributed by atoms with Gasteiger partial charge >= 0.3 is 6.09 Å². The van der Waals surface area contributed by atoms with Gasteiger partial charge in [-0.1, -0.05) is 12.1 Å². The van der Waals surface area contributed by atoms with Crippen LogP contribution in [-0.2, 0) is 9.78 Å². The molecular weight excluding hydrogens is 426 g/mol. The lowest BCUT2D eigenvalue weighted by Crippen LogP contribution is -2.58. The zero-order chi connectivity index (χ0) is 22.8. The molecule has 184 valence electrons. The van der Waals surface area contributed by atoms with Crippen LogP contribution in [0.4, 0.5) is 4.79 Å². The Morgan fingerprint density at radius 2 is 1.59 bits per heavy atom. The molecule has 2 saturated heterocycles. The van der Waals surface area contributed by atoms with Gasteiger partial charge in [0.05, 0.1) is 0 Å². The maximum absolute atomic E-state index is 12.5. The van der Waals surface area contributed by atoms with Crippen LogP contribution in [0.15, 0.2) is 24.3 Å². The minimum atomic E-state index is -0.207. The van der Waals surface area contributed by atoms with E-state index in [9.17, 15) is 4.79 Å². The average Bonchev–Trinajstić information content (AvgIpc) is 3.22. The Morgan fingerprint density at radius 1 is 0.882 bits per heavy atom. The van der Waals surface area contributed by atoms with Crippen molar-refractivity contribution in [1.82, 2.24) is 4.90 Å². The summed E-state index contributed by atoms with van der Waals surface area (Å²) in [5, 5.41) is 0. The van der Waals surface area contributed by atoms with E-state index in [0.717, 1.165) is 68.9 Å². The summed E-state index contributed by atoms with van der Waals surface area (Å²) in [6.07, 6.45) is 15.8. The number of piperidine rings is 1. The van der Waals surface area contributed by atoms with Crippen molar-refractivity contribution >= 4 is 6.09 Å². The van der Waals surface area contributed by atoms with Crippen molar-refractivity contribution in [3.8, 4) is 5.75 Å². The molecule has 5 aliphatic carbocycles. The Balaban J connectivity index is 1.02. The van der Waals surface area contributed by atoms with E-state index in [-0.39, 0.29) is 17.3 Å². The van der Waals surface area contributed by atoms with E-state index in [0.29, 0.717) is 11.7 Å². The molecule has 34 heavy (non-hydrogen) atoms. The first-order valence-electron chi connectivity index (χ1n) is 14.0. The minimum Gasteiger partial charge on any atom is -0.410 e. The fraction of sp³-hybridized carbons (Fsp3) is 0.759. The van der Waals surface area contributed by atoms with Gasteiger partial charge in [-0.25, -0.2) is 14.6 Å². The number of carbonyl (C=O) groups excluding carboxylic acids is 1. The molecule has 1 unspecified atom stereocenters. The summed E-state index contributed by atoms with van der Waals surface area (Å²) in [7, 11) is 0. The molecule has 2 atom stereocenters. The largest absolute Gasteiger partial charge is 0.415 e. The smallest absolute Gasteiger partial charge is 0.410 e. The van der Waals surface area contributed by atoms with E-state index in [1.807, 2.05) is 17.0 Å². The fourth-order valence-electron chi connectivity index (χ4n) is 9.03. The summed E-state index contributed by atoms with van der Waals surface area (Å²) in [6, 6.07) is 8.28. The summed E-state index contributed by atoms with van der Waals surface area (Å²) < 4.78 is 5.66. The number of hydrogen-bond acceptors (Lipinski definition) is 4. The van der Waals surface area contributed by atoms with Crippen LogP contribution in [-0.4, -0.2) is 35.3 Å². The molecule has 0 aromatic heterocycles. The number of nitrogens with zero attached hydrogens (tertiary/aromatic N) is 1.